The topological polar surface area (TPSA) is 30.7 Å². The first kappa shape index (κ1) is 17.6. The Hall–Kier alpha value is -1.26. The summed E-state index contributed by atoms with van der Waals surface area (Å²) in [5.41, 5.74) is 1.67. The van der Waals surface area contributed by atoms with Gasteiger partial charge in [-0.25, -0.2) is 4.98 Å². The largest absolute Gasteiger partial charge is 0.252 e. The summed E-state index contributed by atoms with van der Waals surface area (Å²) in [4.78, 5) is 3.98. The van der Waals surface area contributed by atoms with Gasteiger partial charge in [0.2, 0.25) is 0 Å². The second-order valence-corrected chi connectivity index (χ2v) is 6.85. The van der Waals surface area contributed by atoms with E-state index in [1.807, 2.05) is 18.6 Å². The van der Waals surface area contributed by atoms with Crippen LogP contribution in [0.15, 0.2) is 49.1 Å². The molecule has 0 amide bonds. The lowest BCUT2D eigenvalue weighted by molar-refractivity contribution is 0.557. The number of aromatic nitrogens is 3. The molecule has 3 nitrogen and oxygen atoms in total. The van der Waals surface area contributed by atoms with Gasteiger partial charge >= 0.3 is 0 Å². The van der Waals surface area contributed by atoms with Gasteiger partial charge in [-0.3, -0.25) is 4.68 Å². The van der Waals surface area contributed by atoms with E-state index in [4.69, 9.17) is 46.4 Å². The zero-order chi connectivity index (χ0) is 17.1. The van der Waals surface area contributed by atoms with E-state index in [1.165, 1.54) is 6.33 Å². The van der Waals surface area contributed by atoms with E-state index in [-0.39, 0.29) is 5.92 Å². The van der Waals surface area contributed by atoms with Crippen LogP contribution in [0.4, 0.5) is 0 Å². The Morgan fingerprint density at radius 3 is 2.38 bits per heavy atom. The molecule has 0 N–H and O–H groups in total. The highest BCUT2D eigenvalue weighted by atomic mass is 35.5. The van der Waals surface area contributed by atoms with E-state index >= 15 is 0 Å². The lowest BCUT2D eigenvalue weighted by atomic mass is 9.91. The molecule has 0 aliphatic carbocycles. The minimum atomic E-state index is -0.103. The first-order chi connectivity index (χ1) is 11.5. The second-order valence-electron chi connectivity index (χ2n) is 5.19. The third-order valence-corrected chi connectivity index (χ3v) is 4.80. The Kier molecular flexibility index (Phi) is 5.67. The van der Waals surface area contributed by atoms with Crippen molar-refractivity contribution < 1.29 is 0 Å². The van der Waals surface area contributed by atoms with Crippen molar-refractivity contribution in [2.24, 2.45) is 0 Å². The lowest BCUT2D eigenvalue weighted by Gasteiger charge is -2.20. The van der Waals surface area contributed by atoms with Gasteiger partial charge in [0.15, 0.2) is 0 Å². The number of nitrogens with zero attached hydrogens (tertiary/aromatic N) is 3. The molecule has 1 atom stereocenters. The van der Waals surface area contributed by atoms with Gasteiger partial charge in [-0.2, -0.15) is 5.10 Å². The van der Waals surface area contributed by atoms with Crippen LogP contribution in [-0.4, -0.2) is 14.8 Å². The Labute approximate surface area is 160 Å². The molecule has 7 heteroatoms. The molecule has 1 radical (unpaired) electrons. The van der Waals surface area contributed by atoms with Gasteiger partial charge < -0.3 is 0 Å². The SMILES string of the molecule is Clc1ccc(C([CH]c2c(Cl)cccc2Cl)Cn2cncn2)c(Cl)c1. The maximum Gasteiger partial charge on any atom is 0.137 e. The van der Waals surface area contributed by atoms with E-state index < -0.39 is 0 Å². The summed E-state index contributed by atoms with van der Waals surface area (Å²) in [6, 6.07) is 10.8. The summed E-state index contributed by atoms with van der Waals surface area (Å²) in [5.74, 6) is -0.103. The molecule has 123 valence electrons. The minimum absolute atomic E-state index is 0.103. The van der Waals surface area contributed by atoms with Crippen LogP contribution < -0.4 is 0 Å². The van der Waals surface area contributed by atoms with E-state index in [9.17, 15) is 0 Å². The van der Waals surface area contributed by atoms with Crippen molar-refractivity contribution in [2.45, 2.75) is 12.5 Å². The molecule has 0 bridgehead atoms. The maximum absolute atomic E-state index is 6.39. The van der Waals surface area contributed by atoms with Crippen LogP contribution in [0.2, 0.25) is 20.1 Å². The molecule has 1 heterocycles. The normalized spacial score (nSPS) is 12.3. The molecule has 0 saturated carbocycles. The highest BCUT2D eigenvalue weighted by Crippen LogP contribution is 2.36. The van der Waals surface area contributed by atoms with Crippen molar-refractivity contribution in [1.29, 1.82) is 0 Å². The third-order valence-electron chi connectivity index (χ3n) is 3.58. The van der Waals surface area contributed by atoms with Crippen molar-refractivity contribution >= 4 is 46.4 Å². The van der Waals surface area contributed by atoms with Crippen LogP contribution in [-0.2, 0) is 6.54 Å². The molecular formula is C17H12Cl4N3. The molecule has 24 heavy (non-hydrogen) atoms. The summed E-state index contributed by atoms with van der Waals surface area (Å²) >= 11 is 25.0. The Morgan fingerprint density at radius 1 is 1.00 bits per heavy atom. The van der Waals surface area contributed by atoms with Crippen LogP contribution in [0, 0.1) is 6.42 Å². The smallest absolute Gasteiger partial charge is 0.137 e. The molecule has 0 spiro atoms. The number of hydrogen-bond donors (Lipinski definition) is 0. The summed E-state index contributed by atoms with van der Waals surface area (Å²) in [5, 5.41) is 6.48. The van der Waals surface area contributed by atoms with Crippen molar-refractivity contribution in [3.63, 3.8) is 0 Å². The van der Waals surface area contributed by atoms with E-state index in [2.05, 4.69) is 10.1 Å². The molecule has 0 saturated heterocycles. The van der Waals surface area contributed by atoms with Gasteiger partial charge in [-0.1, -0.05) is 58.5 Å². The predicted molar refractivity (Wildman–Crippen MR) is 99.1 cm³/mol. The highest BCUT2D eigenvalue weighted by molar-refractivity contribution is 6.36. The van der Waals surface area contributed by atoms with Gasteiger partial charge in [0.25, 0.3) is 0 Å². The van der Waals surface area contributed by atoms with Gasteiger partial charge in [0.05, 0.1) is 6.54 Å². The molecule has 0 fully saturated rings. The van der Waals surface area contributed by atoms with Crippen molar-refractivity contribution in [3.8, 4) is 0 Å². The number of benzene rings is 2. The Morgan fingerprint density at radius 2 is 1.75 bits per heavy atom. The minimum Gasteiger partial charge on any atom is -0.252 e. The molecule has 0 aliphatic heterocycles. The Bertz CT molecular complexity index is 814. The molecule has 1 unspecified atom stereocenters. The first-order valence-electron chi connectivity index (χ1n) is 7.11. The molecular weight excluding hydrogens is 388 g/mol. The van der Waals surface area contributed by atoms with Gasteiger partial charge in [0, 0.05) is 32.4 Å². The fourth-order valence-corrected chi connectivity index (χ4v) is 3.51. The number of halogens is 4. The van der Waals surface area contributed by atoms with E-state index in [0.717, 1.165) is 11.1 Å². The van der Waals surface area contributed by atoms with E-state index in [0.29, 0.717) is 26.6 Å². The molecule has 0 aliphatic rings. The highest BCUT2D eigenvalue weighted by Gasteiger charge is 2.20. The van der Waals surface area contributed by atoms with Gasteiger partial charge in [0.1, 0.15) is 12.7 Å². The quantitative estimate of drug-likeness (QED) is 0.532. The average molecular weight is 400 g/mol. The first-order valence-corrected chi connectivity index (χ1v) is 8.62. The Balaban J connectivity index is 1.98. The molecule has 3 rings (SSSR count). The zero-order valence-corrected chi connectivity index (χ0v) is 15.4. The molecule has 3 aromatic rings. The van der Waals surface area contributed by atoms with Crippen LogP contribution in [0.1, 0.15) is 17.0 Å². The number of hydrogen-bond acceptors (Lipinski definition) is 2. The van der Waals surface area contributed by atoms with E-state index in [1.54, 1.807) is 35.3 Å². The predicted octanol–water partition coefficient (Wildman–Crippen LogP) is 5.93. The number of rotatable bonds is 5. The van der Waals surface area contributed by atoms with Gasteiger partial charge in [-0.15, -0.1) is 0 Å². The van der Waals surface area contributed by atoms with Gasteiger partial charge in [-0.05, 0) is 35.4 Å². The summed E-state index contributed by atoms with van der Waals surface area (Å²) < 4.78 is 1.73. The van der Waals surface area contributed by atoms with Crippen LogP contribution in [0.25, 0.3) is 0 Å². The fourth-order valence-electron chi connectivity index (χ4n) is 2.44. The average Bonchev–Trinajstić information content (AvgIpc) is 3.03. The lowest BCUT2D eigenvalue weighted by Crippen LogP contribution is -2.12. The molecule has 2 aromatic carbocycles. The second kappa shape index (κ2) is 7.75. The molecule has 1 aromatic heterocycles. The monoisotopic (exact) mass is 398 g/mol. The van der Waals surface area contributed by atoms with Crippen molar-refractivity contribution in [2.75, 3.05) is 0 Å². The maximum atomic E-state index is 6.39. The summed E-state index contributed by atoms with van der Waals surface area (Å²) in [6.45, 7) is 0.545. The van der Waals surface area contributed by atoms with Crippen molar-refractivity contribution in [3.05, 3.63) is 86.7 Å². The fraction of sp³-hybridized carbons (Fsp3) is 0.118. The summed E-state index contributed by atoms with van der Waals surface area (Å²) in [6.07, 6.45) is 5.13. The zero-order valence-electron chi connectivity index (χ0n) is 12.3. The summed E-state index contributed by atoms with van der Waals surface area (Å²) in [7, 11) is 0. The van der Waals surface area contributed by atoms with Crippen LogP contribution in [0.3, 0.4) is 0 Å². The van der Waals surface area contributed by atoms with Crippen LogP contribution in [0.5, 0.6) is 0 Å². The van der Waals surface area contributed by atoms with Crippen molar-refractivity contribution in [1.82, 2.24) is 14.8 Å². The third kappa shape index (κ3) is 4.04. The standard InChI is InChI=1S/C17H12Cl4N3/c18-12-4-5-13(17(21)7-12)11(8-24-10-22-9-23-24)6-14-15(19)2-1-3-16(14)20/h1-7,9-11H,8H2. The van der Waals surface area contributed by atoms with Crippen LogP contribution >= 0.6 is 46.4 Å².